The number of hydrogen-bond acceptors (Lipinski definition) is 13. The maximum atomic E-state index is 12.5. The SMILES string of the molecule is Nc1ccc2c(cnn2Cc2ccc(Cl)nc2)c1.O=S(=O)(Cl)c1ccccc1.O=S(=O)(Nc1ccc2c(cnn2Cc2ccc(Cl)nc2)c1)c1ccccc1.O=S(=O)(Nc1ccc2c(cnn2Cc2ccc(Cl)nc2)c1)c1ccccc1. The summed E-state index contributed by atoms with van der Waals surface area (Å²) in [6.45, 7) is 1.75. The van der Waals surface area contributed by atoms with Crippen LogP contribution in [0.25, 0.3) is 32.7 Å². The van der Waals surface area contributed by atoms with Gasteiger partial charge in [0.1, 0.15) is 15.5 Å². The number of nitrogen functional groups attached to an aromatic ring is 1. The van der Waals surface area contributed by atoms with Crippen LogP contribution in [-0.2, 0) is 48.7 Å². The van der Waals surface area contributed by atoms with Gasteiger partial charge in [0.25, 0.3) is 29.1 Å². The second kappa shape index (κ2) is 26.0. The molecule has 12 rings (SSSR count). The van der Waals surface area contributed by atoms with Gasteiger partial charge in [0.15, 0.2) is 0 Å². The van der Waals surface area contributed by atoms with E-state index in [1.807, 2.05) is 68.8 Å². The average molecular weight is 1230 g/mol. The number of fused-ring (bicyclic) bond motifs is 3. The van der Waals surface area contributed by atoms with Crippen molar-refractivity contribution in [3.05, 3.63) is 251 Å². The molecule has 0 fully saturated rings. The zero-order valence-corrected chi connectivity index (χ0v) is 48.2. The molecule has 416 valence electrons. The Bertz CT molecular complexity index is 4280. The minimum Gasteiger partial charge on any atom is -0.399 e. The first kappa shape index (κ1) is 58.3. The number of sulfonamides is 2. The van der Waals surface area contributed by atoms with Gasteiger partial charge in [0, 0.05) is 62.5 Å². The number of nitrogens with zero attached hydrogens (tertiary/aromatic N) is 9. The van der Waals surface area contributed by atoms with E-state index < -0.39 is 29.1 Å². The normalized spacial score (nSPS) is 11.4. The van der Waals surface area contributed by atoms with Crippen molar-refractivity contribution in [2.24, 2.45) is 0 Å². The van der Waals surface area contributed by atoms with Crippen LogP contribution in [0.3, 0.4) is 0 Å². The van der Waals surface area contributed by atoms with Crippen LogP contribution < -0.4 is 15.2 Å². The smallest absolute Gasteiger partial charge is 0.261 e. The van der Waals surface area contributed by atoms with Gasteiger partial charge in [-0.25, -0.2) is 40.2 Å². The van der Waals surface area contributed by atoms with Crippen LogP contribution in [0.2, 0.25) is 15.5 Å². The molecule has 0 bridgehead atoms. The van der Waals surface area contributed by atoms with E-state index in [1.54, 1.807) is 152 Å². The summed E-state index contributed by atoms with van der Waals surface area (Å²) in [5.74, 6) is 0. The molecule has 0 spiro atoms. The largest absolute Gasteiger partial charge is 0.399 e. The van der Waals surface area contributed by atoms with E-state index in [1.165, 1.54) is 12.1 Å². The van der Waals surface area contributed by atoms with Crippen LogP contribution >= 0.6 is 45.5 Å². The number of hydrogen-bond donors (Lipinski definition) is 3. The molecule has 0 saturated carbocycles. The van der Waals surface area contributed by atoms with E-state index in [9.17, 15) is 25.3 Å². The molecule has 0 saturated heterocycles. The van der Waals surface area contributed by atoms with Gasteiger partial charge in [-0.3, -0.25) is 23.5 Å². The van der Waals surface area contributed by atoms with Gasteiger partial charge in [0.05, 0.1) is 69.5 Å². The Labute approximate surface area is 491 Å². The molecular weight excluding hydrogens is 1190 g/mol. The summed E-state index contributed by atoms with van der Waals surface area (Å²) in [4.78, 5) is 12.8. The molecular formula is C57H46Cl4N12O6S3. The zero-order chi connectivity index (χ0) is 57.9. The minimum absolute atomic E-state index is 0.136. The minimum atomic E-state index is -3.63. The molecule has 4 N–H and O–H groups in total. The van der Waals surface area contributed by atoms with Gasteiger partial charge in [-0.05, 0) is 126 Å². The van der Waals surface area contributed by atoms with Gasteiger partial charge in [0.2, 0.25) is 0 Å². The number of nitrogens with two attached hydrogens (primary N) is 1. The van der Waals surface area contributed by atoms with Crippen molar-refractivity contribution < 1.29 is 25.3 Å². The van der Waals surface area contributed by atoms with Gasteiger partial charge in [-0.1, -0.05) is 108 Å². The molecule has 6 aromatic carbocycles. The Morgan fingerprint density at radius 3 is 1.04 bits per heavy atom. The van der Waals surface area contributed by atoms with Gasteiger partial charge < -0.3 is 5.73 Å². The molecule has 0 atom stereocenters. The summed E-state index contributed by atoms with van der Waals surface area (Å²) in [7, 11) is -5.75. The van der Waals surface area contributed by atoms with Crippen molar-refractivity contribution in [2.45, 2.75) is 34.3 Å². The summed E-state index contributed by atoms with van der Waals surface area (Å²) in [6, 6.07) is 51.8. The standard InChI is InChI=1S/2C19H15ClN4O2S.C13H11ClN4.C6H5ClO2S/c2*20-19-9-6-14(11-21-19)13-24-18-8-7-16(10-15(18)12-22-24)23-27(25,26)17-4-2-1-3-5-17;14-13-4-1-9(6-16-13)8-18-12-3-2-11(15)5-10(12)7-17-18;7-10(8,9)6-4-2-1-3-5-6/h2*1-12,23H,13H2;1-7H,8,15H2;1-5H. The van der Waals surface area contributed by atoms with Gasteiger partial charge in [-0.2, -0.15) is 15.3 Å². The molecule has 0 aliphatic rings. The highest BCUT2D eigenvalue weighted by atomic mass is 35.7. The molecule has 6 heterocycles. The first-order valence-corrected chi connectivity index (χ1v) is 30.9. The Balaban J connectivity index is 0.000000139. The van der Waals surface area contributed by atoms with Crippen molar-refractivity contribution in [2.75, 3.05) is 15.2 Å². The third-order valence-corrected chi connectivity index (χ3v) is 16.8. The van der Waals surface area contributed by atoms with Crippen LogP contribution in [0.5, 0.6) is 0 Å². The fourth-order valence-corrected chi connectivity index (χ4v) is 11.3. The van der Waals surface area contributed by atoms with Crippen LogP contribution in [0.15, 0.2) is 234 Å². The monoisotopic (exact) mass is 1230 g/mol. The van der Waals surface area contributed by atoms with E-state index in [0.29, 0.717) is 46.5 Å². The van der Waals surface area contributed by atoms with Crippen LogP contribution in [0.4, 0.5) is 17.1 Å². The lowest BCUT2D eigenvalue weighted by molar-refractivity contribution is 0.599. The maximum absolute atomic E-state index is 12.5. The second-order valence-corrected chi connectivity index (χ2v) is 24.9. The lowest BCUT2D eigenvalue weighted by Crippen LogP contribution is -2.12. The van der Waals surface area contributed by atoms with Crippen LogP contribution in [0, 0.1) is 0 Å². The average Bonchev–Trinajstić information content (AvgIpc) is 4.25. The van der Waals surface area contributed by atoms with Crippen molar-refractivity contribution in [1.29, 1.82) is 0 Å². The number of anilines is 3. The zero-order valence-electron chi connectivity index (χ0n) is 42.7. The number of benzene rings is 6. The Hall–Kier alpha value is -8.41. The highest BCUT2D eigenvalue weighted by Crippen LogP contribution is 2.25. The summed E-state index contributed by atoms with van der Waals surface area (Å²) in [5.41, 5.74) is 13.3. The number of aromatic nitrogens is 9. The molecule has 0 amide bonds. The predicted octanol–water partition coefficient (Wildman–Crippen LogP) is 12.2. The summed E-state index contributed by atoms with van der Waals surface area (Å²) < 4.78 is 81.8. The molecule has 18 nitrogen and oxygen atoms in total. The molecule has 6 aromatic heterocycles. The molecule has 12 aromatic rings. The number of nitrogens with one attached hydrogen (secondary N) is 2. The quantitative estimate of drug-likeness (QED) is 0.0553. The van der Waals surface area contributed by atoms with E-state index in [-0.39, 0.29) is 14.7 Å². The number of rotatable bonds is 13. The lowest BCUT2D eigenvalue weighted by atomic mass is 10.2. The lowest BCUT2D eigenvalue weighted by Gasteiger charge is -2.09. The van der Waals surface area contributed by atoms with Crippen molar-refractivity contribution in [3.8, 4) is 0 Å². The molecule has 0 radical (unpaired) electrons. The van der Waals surface area contributed by atoms with E-state index >= 15 is 0 Å². The third-order valence-electron chi connectivity index (χ3n) is 11.9. The van der Waals surface area contributed by atoms with Crippen LogP contribution in [-0.4, -0.2) is 69.5 Å². The van der Waals surface area contributed by atoms with E-state index in [2.05, 4.69) is 39.7 Å². The van der Waals surface area contributed by atoms with Gasteiger partial charge >= 0.3 is 0 Å². The van der Waals surface area contributed by atoms with Crippen molar-refractivity contribution >= 4 is 124 Å². The van der Waals surface area contributed by atoms with E-state index in [0.717, 1.165) is 55.1 Å². The third kappa shape index (κ3) is 15.5. The molecule has 82 heavy (non-hydrogen) atoms. The number of pyridine rings is 3. The molecule has 25 heteroatoms. The summed E-state index contributed by atoms with van der Waals surface area (Å²) in [6.07, 6.45) is 10.4. The molecule has 0 aliphatic heterocycles. The van der Waals surface area contributed by atoms with Crippen LogP contribution in [0.1, 0.15) is 16.7 Å². The molecule has 0 aliphatic carbocycles. The van der Waals surface area contributed by atoms with Crippen molar-refractivity contribution in [1.82, 2.24) is 44.3 Å². The fourth-order valence-electron chi connectivity index (χ4n) is 8.01. The predicted molar refractivity (Wildman–Crippen MR) is 323 cm³/mol. The maximum Gasteiger partial charge on any atom is 0.261 e. The highest BCUT2D eigenvalue weighted by molar-refractivity contribution is 8.13. The molecule has 0 unspecified atom stereocenters. The van der Waals surface area contributed by atoms with E-state index in [4.69, 9.17) is 51.2 Å². The topological polar surface area (TPSA) is 245 Å². The number of halogens is 4. The first-order chi connectivity index (χ1) is 39.3. The Kier molecular flexibility index (Phi) is 18.5. The fraction of sp³-hybridized carbons (Fsp3) is 0.0526. The Morgan fingerprint density at radius 1 is 0.390 bits per heavy atom. The summed E-state index contributed by atoms with van der Waals surface area (Å²) >= 11 is 17.4. The second-order valence-electron chi connectivity index (χ2n) is 17.8. The van der Waals surface area contributed by atoms with Gasteiger partial charge in [-0.15, -0.1) is 0 Å². The summed E-state index contributed by atoms with van der Waals surface area (Å²) in [5, 5.41) is 17.2. The Morgan fingerprint density at radius 2 is 0.720 bits per heavy atom. The van der Waals surface area contributed by atoms with Crippen molar-refractivity contribution in [3.63, 3.8) is 0 Å². The first-order valence-electron chi connectivity index (χ1n) is 24.4. The highest BCUT2D eigenvalue weighted by Gasteiger charge is 2.17.